The summed E-state index contributed by atoms with van der Waals surface area (Å²) < 4.78 is 2.13. The van der Waals surface area contributed by atoms with E-state index in [0.29, 0.717) is 12.8 Å². The molecule has 0 aromatic carbocycles. The van der Waals surface area contributed by atoms with Crippen LogP contribution in [0, 0.1) is 5.92 Å². The van der Waals surface area contributed by atoms with Gasteiger partial charge in [-0.05, 0) is 32.4 Å². The van der Waals surface area contributed by atoms with Crippen molar-refractivity contribution in [2.75, 3.05) is 19.6 Å². The van der Waals surface area contributed by atoms with E-state index in [1.165, 1.54) is 32.4 Å². The molecular formula is C14H22N4O2. The molecule has 0 bridgehead atoms. The Kier molecular flexibility index (Phi) is 4.00. The Morgan fingerprint density at radius 2 is 2.00 bits per heavy atom. The molecule has 3 rings (SSSR count). The molecule has 1 unspecified atom stereocenters. The lowest BCUT2D eigenvalue weighted by molar-refractivity contribution is -0.142. The minimum Gasteiger partial charge on any atom is -0.481 e. The lowest BCUT2D eigenvalue weighted by Crippen LogP contribution is -2.32. The van der Waals surface area contributed by atoms with Crippen LogP contribution in [-0.4, -0.2) is 50.4 Å². The molecule has 1 aromatic rings. The van der Waals surface area contributed by atoms with Crippen LogP contribution in [0.4, 0.5) is 0 Å². The average Bonchev–Trinajstić information content (AvgIpc) is 2.88. The zero-order valence-corrected chi connectivity index (χ0v) is 11.8. The van der Waals surface area contributed by atoms with Gasteiger partial charge in [-0.3, -0.25) is 4.79 Å². The van der Waals surface area contributed by atoms with Crippen LogP contribution in [0.5, 0.6) is 0 Å². The number of carboxylic acid groups (broad SMARTS) is 1. The maximum absolute atomic E-state index is 11.0. The summed E-state index contributed by atoms with van der Waals surface area (Å²) in [5.41, 5.74) is 0. The molecule has 0 radical (unpaired) electrons. The van der Waals surface area contributed by atoms with Crippen molar-refractivity contribution in [2.45, 2.75) is 45.1 Å². The fraction of sp³-hybridized carbons (Fsp3) is 0.786. The number of carbonyl (C=O) groups is 1. The van der Waals surface area contributed by atoms with Crippen LogP contribution in [0.15, 0.2) is 0 Å². The highest BCUT2D eigenvalue weighted by Crippen LogP contribution is 2.21. The molecule has 1 fully saturated rings. The Morgan fingerprint density at radius 1 is 1.20 bits per heavy atom. The number of rotatable bonds is 4. The van der Waals surface area contributed by atoms with Gasteiger partial charge in [0, 0.05) is 25.9 Å². The van der Waals surface area contributed by atoms with Crippen molar-refractivity contribution < 1.29 is 9.90 Å². The van der Waals surface area contributed by atoms with Crippen LogP contribution in [0.1, 0.15) is 37.3 Å². The first kappa shape index (κ1) is 13.5. The maximum atomic E-state index is 11.0. The molecule has 0 aliphatic carbocycles. The van der Waals surface area contributed by atoms with Gasteiger partial charge in [0.15, 0.2) is 0 Å². The van der Waals surface area contributed by atoms with E-state index in [2.05, 4.69) is 19.7 Å². The van der Waals surface area contributed by atoms with Crippen molar-refractivity contribution in [1.29, 1.82) is 0 Å². The molecule has 3 heterocycles. The Balaban J connectivity index is 1.60. The summed E-state index contributed by atoms with van der Waals surface area (Å²) in [6.07, 6.45) is 6.09. The quantitative estimate of drug-likeness (QED) is 0.888. The van der Waals surface area contributed by atoms with Gasteiger partial charge in [-0.25, -0.2) is 0 Å². The highest BCUT2D eigenvalue weighted by molar-refractivity contribution is 5.70. The molecule has 0 saturated carbocycles. The first-order valence-corrected chi connectivity index (χ1v) is 7.60. The Bertz CT molecular complexity index is 480. The summed E-state index contributed by atoms with van der Waals surface area (Å²) in [5.74, 6) is 0.863. The van der Waals surface area contributed by atoms with Gasteiger partial charge in [0.05, 0.1) is 5.92 Å². The minimum absolute atomic E-state index is 0.290. The summed E-state index contributed by atoms with van der Waals surface area (Å²) in [5, 5.41) is 17.5. The van der Waals surface area contributed by atoms with Gasteiger partial charge in [0.25, 0.3) is 0 Å². The van der Waals surface area contributed by atoms with Crippen LogP contribution >= 0.6 is 0 Å². The van der Waals surface area contributed by atoms with Crippen molar-refractivity contribution in [3.8, 4) is 0 Å². The number of carboxylic acids is 1. The number of fused-ring (bicyclic) bond motifs is 1. The monoisotopic (exact) mass is 278 g/mol. The smallest absolute Gasteiger partial charge is 0.307 e. The van der Waals surface area contributed by atoms with E-state index in [0.717, 1.165) is 31.2 Å². The van der Waals surface area contributed by atoms with Crippen molar-refractivity contribution in [3.63, 3.8) is 0 Å². The van der Waals surface area contributed by atoms with Crippen molar-refractivity contribution in [1.82, 2.24) is 19.7 Å². The molecule has 0 amide bonds. The summed E-state index contributed by atoms with van der Waals surface area (Å²) in [4.78, 5) is 13.5. The average molecular weight is 278 g/mol. The standard InChI is InChI=1S/C14H22N4O2/c19-14(20)11-4-9-18-12(15-16-13(18)10-11)5-8-17-6-2-1-3-7-17/h11H,1-10H2,(H,19,20). The molecular weight excluding hydrogens is 256 g/mol. The number of likely N-dealkylation sites (tertiary alicyclic amines) is 1. The second kappa shape index (κ2) is 5.91. The third kappa shape index (κ3) is 2.85. The largest absolute Gasteiger partial charge is 0.481 e. The molecule has 1 N–H and O–H groups in total. The Morgan fingerprint density at radius 3 is 2.75 bits per heavy atom. The van der Waals surface area contributed by atoms with Crippen LogP contribution in [-0.2, 0) is 24.2 Å². The summed E-state index contributed by atoms with van der Waals surface area (Å²) in [6.45, 7) is 4.18. The van der Waals surface area contributed by atoms with E-state index < -0.39 is 5.97 Å². The lowest BCUT2D eigenvalue weighted by atomic mass is 9.98. The predicted octanol–water partition coefficient (Wildman–Crippen LogP) is 0.953. The van der Waals surface area contributed by atoms with Gasteiger partial charge in [-0.15, -0.1) is 10.2 Å². The van der Waals surface area contributed by atoms with E-state index >= 15 is 0 Å². The zero-order valence-electron chi connectivity index (χ0n) is 11.8. The highest BCUT2D eigenvalue weighted by Gasteiger charge is 2.27. The van der Waals surface area contributed by atoms with E-state index in [4.69, 9.17) is 5.11 Å². The van der Waals surface area contributed by atoms with Crippen LogP contribution in [0.25, 0.3) is 0 Å². The zero-order chi connectivity index (χ0) is 13.9. The highest BCUT2D eigenvalue weighted by atomic mass is 16.4. The normalized spacial score (nSPS) is 23.5. The summed E-state index contributed by atoms with van der Waals surface area (Å²) >= 11 is 0. The lowest BCUT2D eigenvalue weighted by Gasteiger charge is -2.26. The SMILES string of the molecule is O=C(O)C1CCn2c(CCN3CCCCC3)nnc2C1. The van der Waals surface area contributed by atoms with Gasteiger partial charge in [0.1, 0.15) is 11.6 Å². The molecule has 6 nitrogen and oxygen atoms in total. The fourth-order valence-electron chi connectivity index (χ4n) is 3.23. The van der Waals surface area contributed by atoms with Crippen molar-refractivity contribution in [2.24, 2.45) is 5.92 Å². The minimum atomic E-state index is -0.714. The molecule has 2 aliphatic rings. The van der Waals surface area contributed by atoms with Gasteiger partial charge in [-0.2, -0.15) is 0 Å². The Labute approximate surface area is 118 Å². The topological polar surface area (TPSA) is 71.2 Å². The molecule has 20 heavy (non-hydrogen) atoms. The van der Waals surface area contributed by atoms with Crippen LogP contribution in [0.3, 0.4) is 0 Å². The number of hydrogen-bond donors (Lipinski definition) is 1. The third-order valence-electron chi connectivity index (χ3n) is 4.48. The van der Waals surface area contributed by atoms with Crippen LogP contribution < -0.4 is 0 Å². The van der Waals surface area contributed by atoms with Crippen molar-refractivity contribution >= 4 is 5.97 Å². The van der Waals surface area contributed by atoms with Crippen molar-refractivity contribution in [3.05, 3.63) is 11.6 Å². The van der Waals surface area contributed by atoms with Gasteiger partial charge in [-0.1, -0.05) is 6.42 Å². The molecule has 1 aromatic heterocycles. The molecule has 2 aliphatic heterocycles. The van der Waals surface area contributed by atoms with Gasteiger partial charge >= 0.3 is 5.97 Å². The summed E-state index contributed by atoms with van der Waals surface area (Å²) in [7, 11) is 0. The van der Waals surface area contributed by atoms with E-state index in [1.807, 2.05) is 0 Å². The van der Waals surface area contributed by atoms with E-state index in [1.54, 1.807) is 0 Å². The van der Waals surface area contributed by atoms with E-state index in [9.17, 15) is 4.79 Å². The number of aromatic nitrogens is 3. The Hall–Kier alpha value is -1.43. The first-order valence-electron chi connectivity index (χ1n) is 7.60. The number of aliphatic carboxylic acids is 1. The number of hydrogen-bond acceptors (Lipinski definition) is 4. The molecule has 1 atom stereocenters. The molecule has 0 spiro atoms. The predicted molar refractivity (Wildman–Crippen MR) is 73.5 cm³/mol. The molecule has 110 valence electrons. The molecule has 1 saturated heterocycles. The summed E-state index contributed by atoms with van der Waals surface area (Å²) in [6, 6.07) is 0. The third-order valence-corrected chi connectivity index (χ3v) is 4.48. The van der Waals surface area contributed by atoms with Gasteiger partial charge < -0.3 is 14.6 Å². The number of piperidine rings is 1. The molecule has 6 heteroatoms. The second-order valence-electron chi connectivity index (χ2n) is 5.86. The fourth-order valence-corrected chi connectivity index (χ4v) is 3.23. The first-order chi connectivity index (χ1) is 9.74. The van der Waals surface area contributed by atoms with Gasteiger partial charge in [0.2, 0.25) is 0 Å². The maximum Gasteiger partial charge on any atom is 0.307 e. The number of nitrogens with zero attached hydrogens (tertiary/aromatic N) is 4. The van der Waals surface area contributed by atoms with E-state index in [-0.39, 0.29) is 5.92 Å². The second-order valence-corrected chi connectivity index (χ2v) is 5.86. The van der Waals surface area contributed by atoms with Crippen LogP contribution in [0.2, 0.25) is 0 Å².